The zero-order chi connectivity index (χ0) is 23.3. The predicted octanol–water partition coefficient (Wildman–Crippen LogP) is 6.41. The smallest absolute Gasteiger partial charge is 0.134 e. The number of rotatable bonds is 8. The molecule has 1 aliphatic carbocycles. The molecule has 3 aromatic rings. The van der Waals surface area contributed by atoms with Crippen molar-refractivity contribution in [3.63, 3.8) is 0 Å². The predicted molar refractivity (Wildman–Crippen MR) is 139 cm³/mol. The number of nitrogens with zero attached hydrogens (tertiary/aromatic N) is 2. The van der Waals surface area contributed by atoms with Crippen LogP contribution in [0.3, 0.4) is 0 Å². The number of benzene rings is 1. The fourth-order valence-electron chi connectivity index (χ4n) is 6.22. The number of hydrogen-bond acceptors (Lipinski definition) is 3. The minimum Gasteiger partial charge on any atom is -0.346 e. The van der Waals surface area contributed by atoms with Crippen molar-refractivity contribution >= 4 is 16.8 Å². The number of ketones is 1. The number of pyridine rings is 1. The first-order valence-corrected chi connectivity index (χ1v) is 13.4. The zero-order valence-electron chi connectivity index (χ0n) is 20.6. The summed E-state index contributed by atoms with van der Waals surface area (Å²) in [6.45, 7) is 5.28. The van der Waals surface area contributed by atoms with E-state index in [4.69, 9.17) is 4.98 Å². The molecule has 4 heteroatoms. The Kier molecular flexibility index (Phi) is 7.44. The molecule has 1 saturated carbocycles. The van der Waals surface area contributed by atoms with Gasteiger partial charge in [-0.25, -0.2) is 0 Å². The van der Waals surface area contributed by atoms with Crippen molar-refractivity contribution in [2.45, 2.75) is 77.2 Å². The monoisotopic (exact) mass is 457 g/mol. The summed E-state index contributed by atoms with van der Waals surface area (Å²) in [6, 6.07) is 13.0. The van der Waals surface area contributed by atoms with Crippen LogP contribution in [-0.2, 0) is 11.3 Å². The van der Waals surface area contributed by atoms with E-state index >= 15 is 0 Å². The zero-order valence-corrected chi connectivity index (χ0v) is 20.6. The quantitative estimate of drug-likeness (QED) is 0.425. The van der Waals surface area contributed by atoms with Crippen molar-refractivity contribution in [1.29, 1.82) is 0 Å². The van der Waals surface area contributed by atoms with E-state index in [1.54, 1.807) is 0 Å². The van der Waals surface area contributed by atoms with E-state index in [1.165, 1.54) is 54.3 Å². The molecule has 0 bridgehead atoms. The summed E-state index contributed by atoms with van der Waals surface area (Å²) in [5.74, 6) is 1.72. The van der Waals surface area contributed by atoms with Crippen LogP contribution in [0.1, 0.15) is 80.4 Å². The van der Waals surface area contributed by atoms with Crippen molar-refractivity contribution in [1.82, 2.24) is 14.9 Å². The number of carbonyl (C=O) groups excluding carboxylic acids is 1. The maximum absolute atomic E-state index is 13.4. The lowest BCUT2D eigenvalue weighted by atomic mass is 9.84. The van der Waals surface area contributed by atoms with Gasteiger partial charge in [0.2, 0.25) is 0 Å². The molecule has 0 radical (unpaired) electrons. The second kappa shape index (κ2) is 10.9. The van der Waals surface area contributed by atoms with Gasteiger partial charge in [0, 0.05) is 43.3 Å². The van der Waals surface area contributed by atoms with E-state index in [0.717, 1.165) is 43.9 Å². The van der Waals surface area contributed by atoms with E-state index in [-0.39, 0.29) is 5.92 Å². The number of aryl methyl sites for hydroxylation is 1. The maximum atomic E-state index is 13.4. The van der Waals surface area contributed by atoms with E-state index in [1.807, 2.05) is 12.3 Å². The molecule has 2 aromatic heterocycles. The average Bonchev–Trinajstić information content (AvgIpc) is 3.22. The summed E-state index contributed by atoms with van der Waals surface area (Å²) in [4.78, 5) is 18.2. The summed E-state index contributed by atoms with van der Waals surface area (Å²) in [7, 11) is 0. The molecule has 1 N–H and O–H groups in total. The van der Waals surface area contributed by atoms with Crippen LogP contribution in [0.5, 0.6) is 0 Å². The highest BCUT2D eigenvalue weighted by atomic mass is 16.1. The van der Waals surface area contributed by atoms with Crippen molar-refractivity contribution in [2.24, 2.45) is 11.8 Å². The molecule has 1 aromatic carbocycles. The second-order valence-electron chi connectivity index (χ2n) is 10.7. The Hall–Kier alpha value is -2.46. The first-order chi connectivity index (χ1) is 16.7. The van der Waals surface area contributed by atoms with Crippen LogP contribution in [0.4, 0.5) is 0 Å². The van der Waals surface area contributed by atoms with Gasteiger partial charge < -0.3 is 9.88 Å². The van der Waals surface area contributed by atoms with Gasteiger partial charge in [-0.2, -0.15) is 0 Å². The molecule has 1 atom stereocenters. The molecule has 2 fully saturated rings. The van der Waals surface area contributed by atoms with Gasteiger partial charge in [-0.05, 0) is 75.2 Å². The van der Waals surface area contributed by atoms with Gasteiger partial charge in [0.1, 0.15) is 5.78 Å². The van der Waals surface area contributed by atoms with Crippen LogP contribution in [0, 0.1) is 18.8 Å². The molecule has 1 saturated heterocycles. The van der Waals surface area contributed by atoms with E-state index < -0.39 is 0 Å². The lowest BCUT2D eigenvalue weighted by Crippen LogP contribution is -2.29. The van der Waals surface area contributed by atoms with Gasteiger partial charge in [0.15, 0.2) is 0 Å². The summed E-state index contributed by atoms with van der Waals surface area (Å²) in [6.07, 6.45) is 14.5. The number of Topliss-reactive ketones (excluding diaryl/α,β-unsaturated/α-hetero) is 1. The highest BCUT2D eigenvalue weighted by Crippen LogP contribution is 2.36. The molecule has 5 rings (SSSR count). The van der Waals surface area contributed by atoms with Crippen molar-refractivity contribution in [2.75, 3.05) is 13.1 Å². The van der Waals surface area contributed by atoms with Crippen LogP contribution >= 0.6 is 0 Å². The molecule has 3 heterocycles. The lowest BCUT2D eigenvalue weighted by Gasteiger charge is -2.23. The summed E-state index contributed by atoms with van der Waals surface area (Å²) >= 11 is 0. The first-order valence-electron chi connectivity index (χ1n) is 13.4. The van der Waals surface area contributed by atoms with Gasteiger partial charge in [0.05, 0.1) is 11.0 Å². The maximum Gasteiger partial charge on any atom is 0.134 e. The number of carbonyl (C=O) groups is 1. The third-order valence-electron chi connectivity index (χ3n) is 8.07. The Morgan fingerprint density at radius 3 is 2.68 bits per heavy atom. The Balaban J connectivity index is 1.47. The molecule has 0 spiro atoms. The molecule has 1 unspecified atom stereocenters. The second-order valence-corrected chi connectivity index (χ2v) is 10.7. The molecule has 2 aliphatic rings. The summed E-state index contributed by atoms with van der Waals surface area (Å²) < 4.78 is 2.44. The van der Waals surface area contributed by atoms with Gasteiger partial charge in [0.25, 0.3) is 0 Å². The van der Waals surface area contributed by atoms with Crippen LogP contribution in [0.15, 0.2) is 48.8 Å². The summed E-state index contributed by atoms with van der Waals surface area (Å²) in [5.41, 5.74) is 5.98. The van der Waals surface area contributed by atoms with Crippen LogP contribution in [0.25, 0.3) is 11.0 Å². The Morgan fingerprint density at radius 2 is 1.88 bits per heavy atom. The molecular formula is C30H39N3O. The van der Waals surface area contributed by atoms with Gasteiger partial charge in [-0.15, -0.1) is 0 Å². The van der Waals surface area contributed by atoms with Gasteiger partial charge in [-0.3, -0.25) is 9.78 Å². The fourth-order valence-corrected chi connectivity index (χ4v) is 6.22. The van der Waals surface area contributed by atoms with E-state index in [0.29, 0.717) is 24.5 Å². The standard InChI is InChI=1S/C30H39N3O/c1-22-7-5-10-25(17-22)27(19-26(34)18-23-12-15-31-16-13-23)28-21-33(20-24-8-3-2-4-9-24)29-11-6-14-32-30(28)29/h5-7,10-11,14,17,21,23-24,27,31H,2-4,8-9,12-13,15-16,18-20H2,1H3. The van der Waals surface area contributed by atoms with Gasteiger partial charge >= 0.3 is 0 Å². The third kappa shape index (κ3) is 5.43. The van der Waals surface area contributed by atoms with Crippen molar-refractivity contribution < 1.29 is 4.79 Å². The number of fused-ring (bicyclic) bond motifs is 1. The fraction of sp³-hybridized carbons (Fsp3) is 0.533. The molecule has 4 nitrogen and oxygen atoms in total. The molecule has 1 aliphatic heterocycles. The number of piperidine rings is 1. The molecule has 180 valence electrons. The Labute approximate surface area is 204 Å². The average molecular weight is 458 g/mol. The largest absolute Gasteiger partial charge is 0.346 e. The normalized spacial score (nSPS) is 18.9. The van der Waals surface area contributed by atoms with Gasteiger partial charge in [-0.1, -0.05) is 49.1 Å². The minimum absolute atomic E-state index is 0.0547. The molecule has 0 amide bonds. The van der Waals surface area contributed by atoms with E-state index in [9.17, 15) is 4.79 Å². The highest BCUT2D eigenvalue weighted by molar-refractivity contribution is 5.84. The number of nitrogens with one attached hydrogen (secondary N) is 1. The summed E-state index contributed by atoms with van der Waals surface area (Å²) in [5, 5.41) is 3.42. The van der Waals surface area contributed by atoms with Crippen LogP contribution in [0.2, 0.25) is 0 Å². The SMILES string of the molecule is Cc1cccc(C(CC(=O)CC2CCNCC2)c2cn(CC3CCCCC3)c3cccnc23)c1. The lowest BCUT2D eigenvalue weighted by molar-refractivity contribution is -0.120. The van der Waals surface area contributed by atoms with Crippen molar-refractivity contribution in [3.8, 4) is 0 Å². The number of hydrogen-bond donors (Lipinski definition) is 1. The topological polar surface area (TPSA) is 46.9 Å². The van der Waals surface area contributed by atoms with Crippen LogP contribution in [-0.4, -0.2) is 28.4 Å². The first kappa shape index (κ1) is 23.3. The Bertz CT molecular complexity index is 1110. The third-order valence-corrected chi connectivity index (χ3v) is 8.07. The number of aromatic nitrogens is 2. The highest BCUT2D eigenvalue weighted by Gasteiger charge is 2.26. The van der Waals surface area contributed by atoms with Crippen LogP contribution < -0.4 is 5.32 Å². The molecular weight excluding hydrogens is 418 g/mol. The van der Waals surface area contributed by atoms with Crippen molar-refractivity contribution in [3.05, 3.63) is 65.5 Å². The van der Waals surface area contributed by atoms with E-state index in [2.05, 4.69) is 53.3 Å². The molecule has 34 heavy (non-hydrogen) atoms. The minimum atomic E-state index is 0.0547. The Morgan fingerprint density at radius 1 is 1.06 bits per heavy atom.